The van der Waals surface area contributed by atoms with Crippen LogP contribution >= 0.6 is 22.6 Å². The van der Waals surface area contributed by atoms with Gasteiger partial charge in [-0.2, -0.15) is 0 Å². The number of amides is 1. The van der Waals surface area contributed by atoms with E-state index in [4.69, 9.17) is 4.74 Å². The molecule has 1 saturated carbocycles. The molecule has 2 unspecified atom stereocenters. The molecule has 4 heteroatoms. The summed E-state index contributed by atoms with van der Waals surface area (Å²) in [6.45, 7) is 5.75. The maximum Gasteiger partial charge on any atom is 0.410 e. The van der Waals surface area contributed by atoms with Gasteiger partial charge in [0.15, 0.2) is 0 Å². The van der Waals surface area contributed by atoms with E-state index in [0.717, 1.165) is 16.8 Å². The van der Waals surface area contributed by atoms with E-state index in [1.807, 2.05) is 25.7 Å². The highest BCUT2D eigenvalue weighted by molar-refractivity contribution is 14.1. The molecule has 3 fully saturated rings. The second kappa shape index (κ2) is 3.79. The van der Waals surface area contributed by atoms with Crippen molar-refractivity contribution in [2.45, 2.75) is 61.6 Å². The van der Waals surface area contributed by atoms with Crippen LogP contribution < -0.4 is 0 Å². The summed E-state index contributed by atoms with van der Waals surface area (Å²) >= 11 is 2.49. The first-order chi connectivity index (χ1) is 6.87. The van der Waals surface area contributed by atoms with E-state index in [2.05, 4.69) is 22.6 Å². The lowest BCUT2D eigenvalue weighted by atomic mass is 9.80. The minimum absolute atomic E-state index is 0.118. The Morgan fingerprint density at radius 2 is 1.80 bits per heavy atom. The summed E-state index contributed by atoms with van der Waals surface area (Å²) < 4.78 is 6.14. The van der Waals surface area contributed by atoms with E-state index < -0.39 is 0 Å². The van der Waals surface area contributed by atoms with Gasteiger partial charge in [0.1, 0.15) is 5.60 Å². The molecular weight excluding hydrogens is 305 g/mol. The first kappa shape index (κ1) is 11.5. The number of rotatable bonds is 0. The zero-order valence-electron chi connectivity index (χ0n) is 9.50. The van der Waals surface area contributed by atoms with E-state index in [0.29, 0.717) is 12.1 Å². The molecule has 2 atom stereocenters. The largest absolute Gasteiger partial charge is 0.444 e. The molecule has 3 nitrogen and oxygen atoms in total. The summed E-state index contributed by atoms with van der Waals surface area (Å²) in [7, 11) is 0. The van der Waals surface area contributed by atoms with Crippen LogP contribution in [0.1, 0.15) is 40.0 Å². The van der Waals surface area contributed by atoms with E-state index in [1.54, 1.807) is 0 Å². The first-order valence-electron chi connectivity index (χ1n) is 5.52. The van der Waals surface area contributed by atoms with Crippen molar-refractivity contribution >= 4 is 28.7 Å². The Labute approximate surface area is 105 Å². The van der Waals surface area contributed by atoms with Crippen LogP contribution in [0.3, 0.4) is 0 Å². The SMILES string of the molecule is CC(C)(C)OC(=O)N1C2CC(I)CC1C2. The van der Waals surface area contributed by atoms with Crippen LogP contribution in [-0.2, 0) is 4.74 Å². The van der Waals surface area contributed by atoms with Gasteiger partial charge >= 0.3 is 6.09 Å². The molecule has 1 aliphatic carbocycles. The second-order valence-corrected chi connectivity index (χ2v) is 7.26. The summed E-state index contributed by atoms with van der Waals surface area (Å²) in [5.41, 5.74) is -0.370. The molecule has 0 aromatic rings. The number of carbonyl (C=O) groups excluding carboxylic acids is 1. The Balaban J connectivity index is 1.94. The maximum absolute atomic E-state index is 11.9. The molecule has 2 aliphatic heterocycles. The Hall–Kier alpha value is 0. The lowest BCUT2D eigenvalue weighted by Crippen LogP contribution is -2.63. The second-order valence-electron chi connectivity index (χ2n) is 5.50. The number of alkyl halides is 1. The van der Waals surface area contributed by atoms with Gasteiger partial charge in [0, 0.05) is 16.0 Å². The minimum atomic E-state index is -0.370. The highest BCUT2D eigenvalue weighted by Gasteiger charge is 2.48. The van der Waals surface area contributed by atoms with E-state index in [-0.39, 0.29) is 11.7 Å². The zero-order valence-corrected chi connectivity index (χ0v) is 11.7. The van der Waals surface area contributed by atoms with Gasteiger partial charge in [0.2, 0.25) is 0 Å². The van der Waals surface area contributed by atoms with Crippen LogP contribution in [-0.4, -0.2) is 32.6 Å². The van der Waals surface area contributed by atoms with E-state index in [9.17, 15) is 4.79 Å². The molecular formula is C11H18INO2. The van der Waals surface area contributed by atoms with Crippen LogP contribution in [0.4, 0.5) is 4.79 Å². The average Bonchev–Trinajstić information content (AvgIpc) is 1.98. The molecule has 2 bridgehead atoms. The fraction of sp³-hybridized carbons (Fsp3) is 0.909. The quantitative estimate of drug-likeness (QED) is 0.507. The molecule has 0 aromatic heterocycles. The van der Waals surface area contributed by atoms with Crippen molar-refractivity contribution in [3.8, 4) is 0 Å². The summed E-state index contributed by atoms with van der Waals surface area (Å²) in [5.74, 6) is 0. The average molecular weight is 323 g/mol. The summed E-state index contributed by atoms with van der Waals surface area (Å²) in [4.78, 5) is 13.8. The number of fused-ring (bicyclic) bond motifs is 2. The third-order valence-electron chi connectivity index (χ3n) is 2.99. The lowest BCUT2D eigenvalue weighted by Gasteiger charge is -2.53. The number of halogens is 1. The van der Waals surface area contributed by atoms with Crippen molar-refractivity contribution in [3.05, 3.63) is 0 Å². The van der Waals surface area contributed by atoms with Crippen molar-refractivity contribution in [2.75, 3.05) is 0 Å². The lowest BCUT2D eigenvalue weighted by molar-refractivity contribution is -0.0485. The fourth-order valence-electron chi connectivity index (χ4n) is 2.42. The van der Waals surface area contributed by atoms with Crippen molar-refractivity contribution in [3.63, 3.8) is 0 Å². The van der Waals surface area contributed by atoms with Gasteiger partial charge in [-0.15, -0.1) is 0 Å². The van der Waals surface area contributed by atoms with Gasteiger partial charge in [-0.3, -0.25) is 0 Å². The molecule has 15 heavy (non-hydrogen) atoms. The van der Waals surface area contributed by atoms with Crippen molar-refractivity contribution in [2.24, 2.45) is 0 Å². The molecule has 3 rings (SSSR count). The Morgan fingerprint density at radius 1 is 1.27 bits per heavy atom. The van der Waals surface area contributed by atoms with Gasteiger partial charge in [-0.05, 0) is 40.0 Å². The molecule has 0 aromatic carbocycles. The maximum atomic E-state index is 11.9. The number of nitrogens with zero attached hydrogens (tertiary/aromatic N) is 1. The fourth-order valence-corrected chi connectivity index (χ4v) is 3.59. The molecule has 86 valence electrons. The van der Waals surface area contributed by atoms with Crippen LogP contribution in [0.15, 0.2) is 0 Å². The minimum Gasteiger partial charge on any atom is -0.444 e. The van der Waals surface area contributed by atoms with Gasteiger partial charge < -0.3 is 9.64 Å². The Bertz CT molecular complexity index is 262. The van der Waals surface area contributed by atoms with Gasteiger partial charge in [0.05, 0.1) is 0 Å². The third kappa shape index (κ3) is 2.40. The summed E-state index contributed by atoms with van der Waals surface area (Å²) in [6, 6.07) is 0.890. The van der Waals surface area contributed by atoms with Crippen molar-refractivity contribution in [1.29, 1.82) is 0 Å². The molecule has 3 aliphatic rings. The zero-order chi connectivity index (χ0) is 11.2. The van der Waals surface area contributed by atoms with Gasteiger partial charge in [0.25, 0.3) is 0 Å². The number of hydrogen-bond donors (Lipinski definition) is 0. The van der Waals surface area contributed by atoms with Crippen LogP contribution in [0.5, 0.6) is 0 Å². The molecule has 0 spiro atoms. The van der Waals surface area contributed by atoms with Crippen molar-refractivity contribution < 1.29 is 9.53 Å². The topological polar surface area (TPSA) is 29.5 Å². The van der Waals surface area contributed by atoms with Gasteiger partial charge in [-0.25, -0.2) is 4.79 Å². The molecule has 2 saturated heterocycles. The predicted molar refractivity (Wildman–Crippen MR) is 67.3 cm³/mol. The smallest absolute Gasteiger partial charge is 0.410 e. The van der Waals surface area contributed by atoms with Crippen LogP contribution in [0.2, 0.25) is 0 Å². The molecule has 2 heterocycles. The Morgan fingerprint density at radius 3 is 2.27 bits per heavy atom. The highest BCUT2D eigenvalue weighted by atomic mass is 127. The van der Waals surface area contributed by atoms with E-state index in [1.165, 1.54) is 6.42 Å². The Kier molecular flexibility index (Phi) is 2.90. The molecule has 0 N–H and O–H groups in total. The number of hydrogen-bond acceptors (Lipinski definition) is 2. The summed E-state index contributed by atoms with van der Waals surface area (Å²) in [6.07, 6.45) is 3.33. The predicted octanol–water partition coefficient (Wildman–Crippen LogP) is 2.96. The molecule has 0 radical (unpaired) electrons. The number of ether oxygens (including phenoxy) is 1. The van der Waals surface area contributed by atoms with Gasteiger partial charge in [-0.1, -0.05) is 22.6 Å². The van der Waals surface area contributed by atoms with Crippen LogP contribution in [0.25, 0.3) is 0 Å². The number of carbonyl (C=O) groups is 1. The van der Waals surface area contributed by atoms with E-state index >= 15 is 0 Å². The normalized spacial score (nSPS) is 34.7. The van der Waals surface area contributed by atoms with Crippen molar-refractivity contribution in [1.82, 2.24) is 4.90 Å². The summed E-state index contributed by atoms with van der Waals surface area (Å²) in [5, 5.41) is 0. The number of piperidine rings is 1. The van der Waals surface area contributed by atoms with Crippen LogP contribution in [0, 0.1) is 0 Å². The highest BCUT2D eigenvalue weighted by Crippen LogP contribution is 2.41. The molecule has 1 amide bonds. The third-order valence-corrected chi connectivity index (χ3v) is 4.01. The first-order valence-corrected chi connectivity index (χ1v) is 6.77. The monoisotopic (exact) mass is 323 g/mol. The standard InChI is InChI=1S/C11H18INO2/c1-11(2,3)15-10(14)13-8-4-7(12)5-9(13)6-8/h7-9H,4-6H2,1-3H3.